The average Bonchev–Trinajstić information content (AvgIpc) is 3.60. The number of imidazole rings is 1. The molecule has 47 heavy (non-hydrogen) atoms. The van der Waals surface area contributed by atoms with E-state index in [9.17, 15) is 29.4 Å². The Morgan fingerprint density at radius 2 is 1.70 bits per heavy atom. The number of aliphatic hydroxyl groups is 1. The number of nitrogens with two attached hydrogens (primary N) is 1. The van der Waals surface area contributed by atoms with Gasteiger partial charge in [-0.2, -0.15) is 24.4 Å². The number of nitrogens with one attached hydrogen (secondary N) is 6. The summed E-state index contributed by atoms with van der Waals surface area (Å²) in [6, 6.07) is 2.39. The summed E-state index contributed by atoms with van der Waals surface area (Å²) in [6.07, 6.45) is 8.10. The molecular weight excluding hydrogens is 645 g/mol. The molecule has 0 aliphatic rings. The number of hydrazine groups is 2. The van der Waals surface area contributed by atoms with Gasteiger partial charge in [0.1, 0.15) is 18.6 Å². The van der Waals surface area contributed by atoms with Crippen molar-refractivity contribution in [1.29, 1.82) is 0 Å². The quantitative estimate of drug-likeness (QED) is 0.0192. The molecule has 1 heterocycles. The average molecular weight is 693 g/mol. The van der Waals surface area contributed by atoms with Crippen LogP contribution >= 0.6 is 24.4 Å². The number of phenols is 1. The van der Waals surface area contributed by atoms with Crippen LogP contribution in [0.15, 0.2) is 49.1 Å². The molecule has 0 bridgehead atoms. The summed E-state index contributed by atoms with van der Waals surface area (Å²) in [5.41, 5.74) is 19.2. The molecule has 0 saturated heterocycles. The van der Waals surface area contributed by atoms with Crippen molar-refractivity contribution >= 4 is 48.0 Å². The molecule has 0 spiro atoms. The SMILES string of the molecule is C=C(N[C@@H](Cc1ccc(O)cc1)C(=O)C(=O)[C@H](CCCCN)NN[C@H](C=O)CS)[C@H](CCSC)NN[C@@H](Cc1cnc[nH]1)C(=O)CO. The number of ketones is 3. The van der Waals surface area contributed by atoms with Crippen LogP contribution in [0.5, 0.6) is 5.75 Å². The summed E-state index contributed by atoms with van der Waals surface area (Å²) >= 11 is 5.73. The smallest absolute Gasteiger partial charge is 0.222 e. The standard InChI is InChI=1S/C31H48N8O6S2/c1-20(25(10-12-47-2)37-39-27(29(43)17-41)14-22-15-33-19-34-22)35-28(13-21-6-8-24(42)9-7-21)31(45)30(44)26(5-3-4-11-32)38-36-23(16-40)18-46/h6-9,15-16,19,23,25-28,35-39,41-42,46H,1,3-5,10-14,17-18,32H2,2H3,(H,33,34)/t23-,25+,26+,27+,28+/m1/s1. The van der Waals surface area contributed by atoms with Crippen LogP contribution in [0.1, 0.15) is 36.9 Å². The summed E-state index contributed by atoms with van der Waals surface area (Å²) in [6.45, 7) is 3.95. The van der Waals surface area contributed by atoms with Crippen molar-refractivity contribution in [2.75, 3.05) is 30.9 Å². The van der Waals surface area contributed by atoms with Gasteiger partial charge in [-0.25, -0.2) is 26.7 Å². The van der Waals surface area contributed by atoms with E-state index < -0.39 is 54.2 Å². The van der Waals surface area contributed by atoms with Crippen LogP contribution < -0.4 is 32.8 Å². The number of rotatable bonds is 27. The number of hydrogen-bond donors (Lipinski definition) is 10. The van der Waals surface area contributed by atoms with Crippen molar-refractivity contribution in [2.45, 2.75) is 68.7 Å². The molecule has 0 amide bonds. The van der Waals surface area contributed by atoms with E-state index in [-0.39, 0.29) is 24.3 Å². The molecule has 2 aromatic rings. The number of aliphatic hydroxyl groups excluding tert-OH is 1. The fourth-order valence-corrected chi connectivity index (χ4v) is 5.23. The highest BCUT2D eigenvalue weighted by molar-refractivity contribution is 7.98. The summed E-state index contributed by atoms with van der Waals surface area (Å²) in [7, 11) is 0. The predicted octanol–water partition coefficient (Wildman–Crippen LogP) is -0.254. The van der Waals surface area contributed by atoms with Crippen molar-refractivity contribution in [2.24, 2.45) is 5.73 Å². The Kier molecular flexibility index (Phi) is 19.2. The maximum Gasteiger partial charge on any atom is 0.222 e. The Balaban J connectivity index is 2.31. The summed E-state index contributed by atoms with van der Waals surface area (Å²) in [4.78, 5) is 58.4. The van der Waals surface area contributed by atoms with Gasteiger partial charge in [-0.15, -0.1) is 0 Å². The van der Waals surface area contributed by atoms with Gasteiger partial charge in [0.05, 0.1) is 36.5 Å². The zero-order chi connectivity index (χ0) is 34.6. The van der Waals surface area contributed by atoms with Crippen LogP contribution in [0.25, 0.3) is 0 Å². The summed E-state index contributed by atoms with van der Waals surface area (Å²) in [5, 5.41) is 22.5. The van der Waals surface area contributed by atoms with Gasteiger partial charge in [-0.1, -0.05) is 25.1 Å². The number of unbranched alkanes of at least 4 members (excludes halogenated alkanes) is 1. The predicted molar refractivity (Wildman–Crippen MR) is 186 cm³/mol. The molecule has 0 aliphatic heterocycles. The third kappa shape index (κ3) is 14.3. The number of benzene rings is 1. The minimum Gasteiger partial charge on any atom is -0.508 e. The molecule has 0 unspecified atom stereocenters. The molecule has 0 saturated carbocycles. The minimum absolute atomic E-state index is 0.0590. The van der Waals surface area contributed by atoms with Crippen molar-refractivity contribution in [3.8, 4) is 5.75 Å². The number of hydrogen-bond acceptors (Lipinski definition) is 15. The molecule has 1 aromatic heterocycles. The van der Waals surface area contributed by atoms with Crippen LogP contribution in [-0.2, 0) is 32.0 Å². The van der Waals surface area contributed by atoms with Gasteiger partial charge in [-0.3, -0.25) is 14.4 Å². The van der Waals surface area contributed by atoms with E-state index >= 15 is 0 Å². The van der Waals surface area contributed by atoms with Crippen molar-refractivity contribution in [1.82, 2.24) is 37.0 Å². The van der Waals surface area contributed by atoms with Crippen LogP contribution in [0.2, 0.25) is 0 Å². The number of thiol groups is 1. The third-order valence-corrected chi connectivity index (χ3v) is 8.39. The fraction of sp³-hybridized carbons (Fsp3) is 0.516. The number of aldehydes is 1. The Hall–Kier alpha value is -3.09. The first-order valence-corrected chi connectivity index (χ1v) is 17.4. The monoisotopic (exact) mass is 692 g/mol. The van der Waals surface area contributed by atoms with Crippen LogP contribution in [0.4, 0.5) is 0 Å². The highest BCUT2D eigenvalue weighted by atomic mass is 32.2. The molecule has 0 fully saturated rings. The van der Waals surface area contributed by atoms with Crippen molar-refractivity contribution in [3.05, 3.63) is 60.3 Å². The zero-order valence-corrected chi connectivity index (χ0v) is 28.3. The Morgan fingerprint density at radius 1 is 1.02 bits per heavy atom. The lowest BCUT2D eigenvalue weighted by Crippen LogP contribution is -2.57. The van der Waals surface area contributed by atoms with Crippen LogP contribution in [0.3, 0.4) is 0 Å². The zero-order valence-electron chi connectivity index (χ0n) is 26.6. The lowest BCUT2D eigenvalue weighted by atomic mass is 9.94. The molecular formula is C31H48N8O6S2. The first-order valence-electron chi connectivity index (χ1n) is 15.4. The number of nitrogens with zero attached hydrogens (tertiary/aromatic N) is 1. The molecule has 0 radical (unpaired) electrons. The second kappa shape index (κ2) is 22.5. The Labute approximate surface area is 285 Å². The van der Waals surface area contributed by atoms with Gasteiger partial charge in [0.2, 0.25) is 11.6 Å². The molecule has 0 aliphatic carbocycles. The lowest BCUT2D eigenvalue weighted by Gasteiger charge is -2.29. The van der Waals surface area contributed by atoms with E-state index in [2.05, 4.69) is 56.2 Å². The molecule has 2 rings (SSSR count). The summed E-state index contributed by atoms with van der Waals surface area (Å²) in [5.74, 6) is -0.882. The molecule has 1 aromatic carbocycles. The first-order chi connectivity index (χ1) is 22.7. The van der Waals surface area contributed by atoms with Gasteiger partial charge in [-0.05, 0) is 55.5 Å². The van der Waals surface area contributed by atoms with Crippen molar-refractivity contribution < 1.29 is 29.4 Å². The third-order valence-electron chi connectivity index (χ3n) is 7.35. The Morgan fingerprint density at radius 3 is 2.30 bits per heavy atom. The number of H-pyrrole nitrogens is 1. The maximum atomic E-state index is 13.9. The van der Waals surface area contributed by atoms with Gasteiger partial charge in [0, 0.05) is 36.2 Å². The van der Waals surface area contributed by atoms with Gasteiger partial charge in [0.15, 0.2) is 5.78 Å². The normalized spacial score (nSPS) is 14.5. The molecule has 10 N–H and O–H groups in total. The van der Waals surface area contributed by atoms with Gasteiger partial charge < -0.3 is 31.0 Å². The first kappa shape index (κ1) is 40.1. The highest BCUT2D eigenvalue weighted by Gasteiger charge is 2.33. The number of aromatic nitrogens is 2. The second-order valence-electron chi connectivity index (χ2n) is 11.0. The largest absolute Gasteiger partial charge is 0.508 e. The molecule has 5 atom stereocenters. The van der Waals surface area contributed by atoms with Gasteiger partial charge >= 0.3 is 0 Å². The van der Waals surface area contributed by atoms with Crippen LogP contribution in [-0.4, -0.2) is 105 Å². The van der Waals surface area contributed by atoms with E-state index in [0.29, 0.717) is 61.2 Å². The summed E-state index contributed by atoms with van der Waals surface area (Å²) < 4.78 is 0. The van der Waals surface area contributed by atoms with E-state index in [1.807, 2.05) is 6.26 Å². The number of Topliss-reactive ketones (excluding diaryl/α,β-unsaturated/α-hetero) is 3. The van der Waals surface area contributed by atoms with Gasteiger partial charge in [0.25, 0.3) is 0 Å². The maximum absolute atomic E-state index is 13.9. The lowest BCUT2D eigenvalue weighted by molar-refractivity contribution is -0.139. The van der Waals surface area contributed by atoms with Crippen LogP contribution in [0, 0.1) is 0 Å². The van der Waals surface area contributed by atoms with E-state index in [4.69, 9.17) is 5.73 Å². The highest BCUT2D eigenvalue weighted by Crippen LogP contribution is 2.15. The number of carbonyl (C=O) groups is 4. The second-order valence-corrected chi connectivity index (χ2v) is 12.3. The number of carbonyl (C=O) groups excluding carboxylic acids is 4. The molecule has 260 valence electrons. The van der Waals surface area contributed by atoms with E-state index in [1.165, 1.54) is 18.5 Å². The number of phenolic OH excluding ortho intramolecular Hbond substituents is 1. The molecule has 14 nitrogen and oxygen atoms in total. The fourth-order valence-electron chi connectivity index (χ4n) is 4.58. The number of aromatic hydroxyl groups is 1. The minimum atomic E-state index is -1.04. The number of thioether (sulfide) groups is 1. The number of aromatic amines is 1. The topological polar surface area (TPSA) is 224 Å². The van der Waals surface area contributed by atoms with E-state index in [0.717, 1.165) is 0 Å². The molecule has 16 heteroatoms. The Bertz CT molecular complexity index is 1250. The van der Waals surface area contributed by atoms with Crippen molar-refractivity contribution in [3.63, 3.8) is 0 Å². The van der Waals surface area contributed by atoms with E-state index in [1.54, 1.807) is 30.1 Å².